The third-order valence-corrected chi connectivity index (χ3v) is 3.51. The Bertz CT molecular complexity index is 675. The normalized spacial score (nSPS) is 14.5. The molecule has 0 saturated heterocycles. The maximum absolute atomic E-state index is 10.9. The molecule has 0 atom stereocenters. The van der Waals surface area contributed by atoms with E-state index in [9.17, 15) is 10.1 Å². The van der Waals surface area contributed by atoms with Gasteiger partial charge in [-0.1, -0.05) is 0 Å². The third-order valence-electron chi connectivity index (χ3n) is 3.51. The Labute approximate surface area is 115 Å². The first kappa shape index (κ1) is 12.7. The van der Waals surface area contributed by atoms with Crippen LogP contribution in [0.5, 0.6) is 0 Å². The lowest BCUT2D eigenvalue weighted by atomic mass is 10.1. The van der Waals surface area contributed by atoms with Crippen LogP contribution in [0.25, 0.3) is 11.4 Å². The molecule has 3 rings (SSSR count). The number of nitro benzene ring substituents is 1. The van der Waals surface area contributed by atoms with Crippen LogP contribution < -0.4 is 5.73 Å². The number of rotatable bonds is 4. The second-order valence-corrected chi connectivity index (χ2v) is 5.00. The van der Waals surface area contributed by atoms with Gasteiger partial charge in [0.2, 0.25) is 0 Å². The summed E-state index contributed by atoms with van der Waals surface area (Å²) >= 11 is 0. The predicted molar refractivity (Wildman–Crippen MR) is 73.0 cm³/mol. The zero-order valence-electron chi connectivity index (χ0n) is 11.1. The summed E-state index contributed by atoms with van der Waals surface area (Å²) in [7, 11) is 0. The van der Waals surface area contributed by atoms with Crippen LogP contribution in [0, 0.1) is 17.0 Å². The highest BCUT2D eigenvalue weighted by Gasteiger charge is 2.29. The van der Waals surface area contributed by atoms with Crippen molar-refractivity contribution in [2.75, 3.05) is 0 Å². The fourth-order valence-electron chi connectivity index (χ4n) is 2.38. The number of aromatic nitrogens is 3. The molecule has 1 fully saturated rings. The van der Waals surface area contributed by atoms with Crippen molar-refractivity contribution in [1.82, 2.24) is 14.8 Å². The molecule has 0 aliphatic heterocycles. The number of nitrogens with two attached hydrogens (primary N) is 1. The van der Waals surface area contributed by atoms with Crippen molar-refractivity contribution >= 4 is 5.69 Å². The van der Waals surface area contributed by atoms with E-state index in [2.05, 4.69) is 14.8 Å². The molecule has 104 valence electrons. The average molecular weight is 273 g/mol. The van der Waals surface area contributed by atoms with Gasteiger partial charge < -0.3 is 10.3 Å². The molecule has 1 aromatic carbocycles. The summed E-state index contributed by atoms with van der Waals surface area (Å²) in [5.41, 5.74) is 7.26. The number of hydrogen-bond acceptors (Lipinski definition) is 5. The van der Waals surface area contributed by atoms with Gasteiger partial charge in [0.1, 0.15) is 5.82 Å². The number of benzene rings is 1. The van der Waals surface area contributed by atoms with E-state index in [0.717, 1.165) is 30.1 Å². The first-order valence-corrected chi connectivity index (χ1v) is 6.51. The van der Waals surface area contributed by atoms with Crippen LogP contribution in [0.15, 0.2) is 18.2 Å². The molecule has 7 nitrogen and oxygen atoms in total. The zero-order chi connectivity index (χ0) is 14.3. The minimum atomic E-state index is -0.379. The summed E-state index contributed by atoms with van der Waals surface area (Å²) < 4.78 is 2.06. The molecule has 1 aliphatic carbocycles. The third kappa shape index (κ3) is 2.05. The number of aryl methyl sites for hydroxylation is 1. The predicted octanol–water partition coefficient (Wildman–Crippen LogP) is 1.96. The van der Waals surface area contributed by atoms with Gasteiger partial charge in [-0.2, -0.15) is 0 Å². The Kier molecular flexibility index (Phi) is 2.98. The smallest absolute Gasteiger partial charge is 0.272 e. The van der Waals surface area contributed by atoms with Crippen LogP contribution in [-0.4, -0.2) is 19.7 Å². The van der Waals surface area contributed by atoms with Gasteiger partial charge in [-0.05, 0) is 31.9 Å². The van der Waals surface area contributed by atoms with E-state index in [-0.39, 0.29) is 10.6 Å². The topological polar surface area (TPSA) is 99.9 Å². The van der Waals surface area contributed by atoms with Crippen LogP contribution >= 0.6 is 0 Å². The molecule has 0 amide bonds. The summed E-state index contributed by atoms with van der Waals surface area (Å²) in [5.74, 6) is 1.50. The van der Waals surface area contributed by atoms with Crippen molar-refractivity contribution in [2.24, 2.45) is 5.73 Å². The molecule has 0 spiro atoms. The maximum atomic E-state index is 10.9. The van der Waals surface area contributed by atoms with Crippen molar-refractivity contribution in [3.63, 3.8) is 0 Å². The van der Waals surface area contributed by atoms with E-state index >= 15 is 0 Å². The lowest BCUT2D eigenvalue weighted by Gasteiger charge is -2.08. The SMILES string of the molecule is Cc1cc(-c2nnc(CN)n2C2CC2)ccc1[N+](=O)[O-]. The number of nitrogens with zero attached hydrogens (tertiary/aromatic N) is 4. The molecule has 1 aromatic heterocycles. The van der Waals surface area contributed by atoms with Gasteiger partial charge in [-0.15, -0.1) is 10.2 Å². The molecule has 2 N–H and O–H groups in total. The van der Waals surface area contributed by atoms with Crippen LogP contribution in [0.2, 0.25) is 0 Å². The van der Waals surface area contributed by atoms with E-state index in [0.29, 0.717) is 18.2 Å². The van der Waals surface area contributed by atoms with E-state index < -0.39 is 0 Å². The molecule has 7 heteroatoms. The Morgan fingerprint density at radius 3 is 2.75 bits per heavy atom. The van der Waals surface area contributed by atoms with Gasteiger partial charge in [0.05, 0.1) is 11.5 Å². The summed E-state index contributed by atoms with van der Waals surface area (Å²) in [6.07, 6.45) is 2.20. The van der Waals surface area contributed by atoms with Crippen LogP contribution in [0.4, 0.5) is 5.69 Å². The van der Waals surface area contributed by atoms with Gasteiger partial charge in [0, 0.05) is 23.2 Å². The van der Waals surface area contributed by atoms with Crippen molar-refractivity contribution in [3.8, 4) is 11.4 Å². The number of hydrogen-bond donors (Lipinski definition) is 1. The Morgan fingerprint density at radius 1 is 1.45 bits per heavy atom. The molecular weight excluding hydrogens is 258 g/mol. The molecular formula is C13H15N5O2. The molecule has 0 radical (unpaired) electrons. The standard InChI is InChI=1S/C13H15N5O2/c1-8-6-9(2-5-11(8)18(19)20)13-16-15-12(7-14)17(13)10-3-4-10/h2,5-6,10H,3-4,7,14H2,1H3. The quantitative estimate of drug-likeness (QED) is 0.678. The van der Waals surface area contributed by atoms with Gasteiger partial charge >= 0.3 is 0 Å². The maximum Gasteiger partial charge on any atom is 0.272 e. The minimum absolute atomic E-state index is 0.116. The van der Waals surface area contributed by atoms with Crippen molar-refractivity contribution in [1.29, 1.82) is 0 Å². The highest BCUT2D eigenvalue weighted by molar-refractivity contribution is 5.61. The minimum Gasteiger partial charge on any atom is -0.324 e. The highest BCUT2D eigenvalue weighted by atomic mass is 16.6. The molecule has 20 heavy (non-hydrogen) atoms. The second kappa shape index (κ2) is 4.68. The van der Waals surface area contributed by atoms with E-state index in [4.69, 9.17) is 5.73 Å². The first-order valence-electron chi connectivity index (χ1n) is 6.51. The second-order valence-electron chi connectivity index (χ2n) is 5.00. The number of nitro groups is 1. The van der Waals surface area contributed by atoms with Crippen molar-refractivity contribution in [2.45, 2.75) is 32.4 Å². The fourth-order valence-corrected chi connectivity index (χ4v) is 2.38. The van der Waals surface area contributed by atoms with Crippen LogP contribution in [0.3, 0.4) is 0 Å². The van der Waals surface area contributed by atoms with Gasteiger partial charge in [-0.3, -0.25) is 10.1 Å². The van der Waals surface area contributed by atoms with Crippen molar-refractivity contribution < 1.29 is 4.92 Å². The van der Waals surface area contributed by atoms with Crippen LogP contribution in [0.1, 0.15) is 30.3 Å². The first-order chi connectivity index (χ1) is 9.61. The largest absolute Gasteiger partial charge is 0.324 e. The lowest BCUT2D eigenvalue weighted by molar-refractivity contribution is -0.385. The van der Waals surface area contributed by atoms with Gasteiger partial charge in [-0.25, -0.2) is 0 Å². The zero-order valence-corrected chi connectivity index (χ0v) is 11.1. The monoisotopic (exact) mass is 273 g/mol. The van der Waals surface area contributed by atoms with E-state index in [1.54, 1.807) is 19.1 Å². The Morgan fingerprint density at radius 2 is 2.20 bits per heavy atom. The fraction of sp³-hybridized carbons (Fsp3) is 0.385. The molecule has 1 heterocycles. The highest BCUT2D eigenvalue weighted by Crippen LogP contribution is 2.39. The average Bonchev–Trinajstić information content (AvgIpc) is 3.17. The molecule has 1 saturated carbocycles. The summed E-state index contributed by atoms with van der Waals surface area (Å²) in [6, 6.07) is 5.42. The summed E-state index contributed by atoms with van der Waals surface area (Å²) in [6.45, 7) is 2.07. The Balaban J connectivity index is 2.07. The van der Waals surface area contributed by atoms with Gasteiger partial charge in [0.15, 0.2) is 5.82 Å². The summed E-state index contributed by atoms with van der Waals surface area (Å²) in [5, 5.41) is 19.2. The molecule has 2 aromatic rings. The van der Waals surface area contributed by atoms with Gasteiger partial charge in [0.25, 0.3) is 5.69 Å². The van der Waals surface area contributed by atoms with E-state index in [1.807, 2.05) is 0 Å². The molecule has 0 bridgehead atoms. The lowest BCUT2D eigenvalue weighted by Crippen LogP contribution is -2.08. The van der Waals surface area contributed by atoms with Crippen LogP contribution in [-0.2, 0) is 6.54 Å². The Hall–Kier alpha value is -2.28. The summed E-state index contributed by atoms with van der Waals surface area (Å²) in [4.78, 5) is 10.5. The molecule has 0 unspecified atom stereocenters. The van der Waals surface area contributed by atoms with Crippen molar-refractivity contribution in [3.05, 3.63) is 39.7 Å². The van der Waals surface area contributed by atoms with E-state index in [1.165, 1.54) is 6.07 Å². The molecule has 1 aliphatic rings.